The van der Waals surface area contributed by atoms with E-state index >= 15 is 0 Å². The number of para-hydroxylation sites is 1. The fourth-order valence-corrected chi connectivity index (χ4v) is 5.98. The highest BCUT2D eigenvalue weighted by Crippen LogP contribution is 2.32. The van der Waals surface area contributed by atoms with Gasteiger partial charge in [-0.15, -0.1) is 11.3 Å². The topological polar surface area (TPSA) is 12.9 Å². The summed E-state index contributed by atoms with van der Waals surface area (Å²) in [5, 5.41) is 2.57. The van der Waals surface area contributed by atoms with Gasteiger partial charge in [0.1, 0.15) is 5.01 Å². The third-order valence-electron chi connectivity index (χ3n) is 5.71. The third-order valence-corrected chi connectivity index (χ3v) is 8.86. The molecule has 0 bridgehead atoms. The molecule has 0 aliphatic rings. The van der Waals surface area contributed by atoms with Crippen molar-refractivity contribution in [1.29, 1.82) is 0 Å². The summed E-state index contributed by atoms with van der Waals surface area (Å²) in [6.07, 6.45) is 0. The van der Waals surface area contributed by atoms with E-state index in [2.05, 4.69) is 111 Å². The molecule has 4 aromatic carbocycles. The van der Waals surface area contributed by atoms with Crippen LogP contribution in [0.2, 0.25) is 19.6 Å². The van der Waals surface area contributed by atoms with Gasteiger partial charge in [0.2, 0.25) is 0 Å². The predicted octanol–water partition coefficient (Wildman–Crippen LogP) is 7.84. The van der Waals surface area contributed by atoms with Crippen molar-refractivity contribution in [2.75, 3.05) is 0 Å². The molecule has 0 saturated carbocycles. The van der Waals surface area contributed by atoms with E-state index in [9.17, 15) is 0 Å². The van der Waals surface area contributed by atoms with Crippen molar-refractivity contribution in [3.8, 4) is 32.8 Å². The average molecular weight is 436 g/mol. The molecule has 0 amide bonds. The second-order valence-corrected chi connectivity index (χ2v) is 15.1. The van der Waals surface area contributed by atoms with Crippen LogP contribution in [0, 0.1) is 0 Å². The molecule has 0 radical (unpaired) electrons. The van der Waals surface area contributed by atoms with Crippen LogP contribution in [0.4, 0.5) is 0 Å². The van der Waals surface area contributed by atoms with Crippen LogP contribution in [0.25, 0.3) is 43.0 Å². The van der Waals surface area contributed by atoms with E-state index in [0.717, 1.165) is 10.5 Å². The van der Waals surface area contributed by atoms with Crippen molar-refractivity contribution < 1.29 is 0 Å². The second kappa shape index (κ2) is 7.91. The molecular weight excluding hydrogens is 410 g/mol. The van der Waals surface area contributed by atoms with E-state index in [1.807, 2.05) is 6.07 Å². The van der Waals surface area contributed by atoms with Crippen molar-refractivity contribution >= 4 is 34.8 Å². The summed E-state index contributed by atoms with van der Waals surface area (Å²) in [7, 11) is -1.27. The molecule has 0 unspecified atom stereocenters. The minimum Gasteiger partial charge on any atom is -0.236 e. The molecule has 1 heterocycles. The number of benzene rings is 4. The van der Waals surface area contributed by atoms with E-state index in [0.29, 0.717) is 0 Å². The fourth-order valence-electron chi connectivity index (χ4n) is 3.84. The Morgan fingerprint density at radius 2 is 1.16 bits per heavy atom. The van der Waals surface area contributed by atoms with E-state index < -0.39 is 8.07 Å². The number of rotatable bonds is 4. The molecule has 5 rings (SSSR count). The molecule has 0 saturated heterocycles. The zero-order valence-corrected chi connectivity index (χ0v) is 19.9. The maximum Gasteiger partial charge on any atom is 0.124 e. The van der Waals surface area contributed by atoms with E-state index in [-0.39, 0.29) is 0 Å². The van der Waals surface area contributed by atoms with Crippen LogP contribution in [-0.2, 0) is 0 Å². The second-order valence-electron chi connectivity index (χ2n) is 8.97. The summed E-state index contributed by atoms with van der Waals surface area (Å²) in [5.74, 6) is 0. The van der Waals surface area contributed by atoms with Gasteiger partial charge in [-0.2, -0.15) is 0 Å². The monoisotopic (exact) mass is 435 g/mol. The van der Waals surface area contributed by atoms with Crippen LogP contribution < -0.4 is 5.19 Å². The van der Waals surface area contributed by atoms with E-state index in [1.54, 1.807) is 11.3 Å². The molecule has 0 aliphatic carbocycles. The molecule has 0 aliphatic heterocycles. The standard InChI is InChI=1S/C28H25NSSi/c1-31(2,3)25-17-15-21(16-18-25)24-8-6-7-23(19-24)20-11-13-22(14-12-20)28-29-26-9-4-5-10-27(26)30-28/h4-19H,1-3H3. The van der Waals surface area contributed by atoms with Crippen LogP contribution >= 0.6 is 11.3 Å². The zero-order chi connectivity index (χ0) is 21.4. The minimum atomic E-state index is -1.27. The summed E-state index contributed by atoms with van der Waals surface area (Å²) >= 11 is 1.75. The zero-order valence-electron chi connectivity index (χ0n) is 18.1. The lowest BCUT2D eigenvalue weighted by Gasteiger charge is -2.17. The van der Waals surface area contributed by atoms with Gasteiger partial charge in [0.15, 0.2) is 0 Å². The maximum absolute atomic E-state index is 4.78. The first-order valence-corrected chi connectivity index (χ1v) is 15.0. The molecule has 31 heavy (non-hydrogen) atoms. The smallest absolute Gasteiger partial charge is 0.124 e. The molecular formula is C28H25NSSi. The largest absolute Gasteiger partial charge is 0.236 e. The van der Waals surface area contributed by atoms with Crippen LogP contribution in [0.5, 0.6) is 0 Å². The average Bonchev–Trinajstić information content (AvgIpc) is 3.23. The molecule has 0 fully saturated rings. The molecule has 0 atom stereocenters. The number of thiazole rings is 1. The van der Waals surface area contributed by atoms with Gasteiger partial charge in [0.05, 0.1) is 18.3 Å². The Hall–Kier alpha value is -3.01. The van der Waals surface area contributed by atoms with E-state index in [1.165, 1.54) is 37.7 Å². The Balaban J connectivity index is 1.43. The Labute approximate surface area is 189 Å². The van der Waals surface area contributed by atoms with E-state index in [4.69, 9.17) is 4.98 Å². The normalized spacial score (nSPS) is 11.7. The highest BCUT2D eigenvalue weighted by Gasteiger charge is 2.15. The summed E-state index contributed by atoms with van der Waals surface area (Å²) in [5.41, 5.74) is 7.24. The molecule has 0 spiro atoms. The summed E-state index contributed by atoms with van der Waals surface area (Å²) < 4.78 is 1.23. The predicted molar refractivity (Wildman–Crippen MR) is 139 cm³/mol. The van der Waals surface area contributed by atoms with Gasteiger partial charge in [0.25, 0.3) is 0 Å². The Morgan fingerprint density at radius 1 is 0.581 bits per heavy atom. The fraction of sp³-hybridized carbons (Fsp3) is 0.107. The summed E-state index contributed by atoms with van der Waals surface area (Å²) in [6.45, 7) is 7.17. The Bertz CT molecular complexity index is 1310. The Morgan fingerprint density at radius 3 is 1.77 bits per heavy atom. The number of fused-ring (bicyclic) bond motifs is 1. The molecule has 5 aromatic rings. The summed E-state index contributed by atoms with van der Waals surface area (Å²) in [4.78, 5) is 4.78. The van der Waals surface area contributed by atoms with Crippen molar-refractivity contribution in [2.45, 2.75) is 19.6 Å². The minimum absolute atomic E-state index is 1.07. The SMILES string of the molecule is C[Si](C)(C)c1ccc(-c2cccc(-c3ccc(-c4nc5ccccc5s4)cc3)c2)cc1. The lowest BCUT2D eigenvalue weighted by Crippen LogP contribution is -2.37. The van der Waals surface area contributed by atoms with Crippen LogP contribution in [0.15, 0.2) is 97.1 Å². The van der Waals surface area contributed by atoms with Crippen LogP contribution in [-0.4, -0.2) is 13.1 Å². The van der Waals surface area contributed by atoms with Crippen LogP contribution in [0.1, 0.15) is 0 Å². The van der Waals surface area contributed by atoms with Crippen molar-refractivity contribution in [3.05, 3.63) is 97.1 Å². The van der Waals surface area contributed by atoms with Crippen molar-refractivity contribution in [2.24, 2.45) is 0 Å². The van der Waals surface area contributed by atoms with Gasteiger partial charge in [0, 0.05) is 5.56 Å². The molecule has 152 valence electrons. The maximum atomic E-state index is 4.78. The third kappa shape index (κ3) is 4.12. The first-order valence-electron chi connectivity index (χ1n) is 10.6. The van der Waals surface area contributed by atoms with Crippen LogP contribution in [0.3, 0.4) is 0 Å². The molecule has 1 aromatic heterocycles. The first-order chi connectivity index (χ1) is 15.0. The van der Waals surface area contributed by atoms with Crippen molar-refractivity contribution in [1.82, 2.24) is 4.98 Å². The van der Waals surface area contributed by atoms with Gasteiger partial charge in [-0.25, -0.2) is 4.98 Å². The highest BCUT2D eigenvalue weighted by molar-refractivity contribution is 7.21. The van der Waals surface area contributed by atoms with Crippen molar-refractivity contribution in [3.63, 3.8) is 0 Å². The molecule has 1 nitrogen and oxygen atoms in total. The number of nitrogens with zero attached hydrogens (tertiary/aromatic N) is 1. The van der Waals surface area contributed by atoms with Gasteiger partial charge in [-0.1, -0.05) is 104 Å². The molecule has 0 N–H and O–H groups in total. The number of hydrogen-bond acceptors (Lipinski definition) is 2. The lowest BCUT2D eigenvalue weighted by atomic mass is 9.98. The Kier molecular flexibility index (Phi) is 5.09. The number of hydrogen-bond donors (Lipinski definition) is 0. The van der Waals surface area contributed by atoms with Gasteiger partial charge in [-0.3, -0.25) is 0 Å². The first kappa shape index (κ1) is 19.9. The number of aromatic nitrogens is 1. The lowest BCUT2D eigenvalue weighted by molar-refractivity contribution is 1.47. The van der Waals surface area contributed by atoms with Gasteiger partial charge in [-0.05, 0) is 40.5 Å². The molecule has 3 heteroatoms. The highest BCUT2D eigenvalue weighted by atomic mass is 32.1. The van der Waals surface area contributed by atoms with Gasteiger partial charge >= 0.3 is 0 Å². The summed E-state index contributed by atoms with van der Waals surface area (Å²) in [6, 6.07) is 35.1. The van der Waals surface area contributed by atoms with Gasteiger partial charge < -0.3 is 0 Å². The quantitative estimate of drug-likeness (QED) is 0.262.